The molecule has 7 heteroatoms. The minimum atomic E-state index is -3.15. The quantitative estimate of drug-likeness (QED) is 0.868. The van der Waals surface area contributed by atoms with Gasteiger partial charge in [-0.2, -0.15) is 0 Å². The van der Waals surface area contributed by atoms with E-state index in [9.17, 15) is 8.42 Å². The Morgan fingerprint density at radius 3 is 2.67 bits per heavy atom. The molecule has 0 amide bonds. The molecule has 1 N–H and O–H groups in total. The third kappa shape index (κ3) is 3.63. The van der Waals surface area contributed by atoms with Crippen LogP contribution in [-0.4, -0.2) is 35.7 Å². The molecule has 0 aromatic carbocycles. The molecule has 0 atom stereocenters. The Morgan fingerprint density at radius 1 is 1.33 bits per heavy atom. The number of rotatable bonds is 6. The molecule has 2 aliphatic carbocycles. The Hall–Kier alpha value is -0.950. The van der Waals surface area contributed by atoms with E-state index < -0.39 is 10.0 Å². The molecule has 2 fully saturated rings. The Labute approximate surface area is 126 Å². The normalized spacial score (nSPS) is 28.4. The van der Waals surface area contributed by atoms with Crippen LogP contribution in [0.25, 0.3) is 0 Å². The van der Waals surface area contributed by atoms with E-state index in [1.807, 2.05) is 10.9 Å². The van der Waals surface area contributed by atoms with Crippen molar-refractivity contribution in [1.82, 2.24) is 19.7 Å². The zero-order chi connectivity index (χ0) is 14.9. The first-order valence-corrected chi connectivity index (χ1v) is 9.44. The molecule has 0 unspecified atom stereocenters. The number of hydrogen-bond acceptors (Lipinski definition) is 4. The number of sulfonamides is 1. The lowest BCUT2D eigenvalue weighted by molar-refractivity contribution is 0.183. The second-order valence-corrected chi connectivity index (χ2v) is 8.81. The summed E-state index contributed by atoms with van der Waals surface area (Å²) in [6, 6.07) is 0.384. The minimum Gasteiger partial charge on any atom is -0.250 e. The van der Waals surface area contributed by atoms with Crippen molar-refractivity contribution in [2.45, 2.75) is 51.5 Å². The average molecular weight is 312 g/mol. The molecule has 2 saturated carbocycles. The van der Waals surface area contributed by atoms with E-state index >= 15 is 0 Å². The van der Waals surface area contributed by atoms with Gasteiger partial charge in [0.25, 0.3) is 0 Å². The van der Waals surface area contributed by atoms with Crippen LogP contribution in [0.5, 0.6) is 0 Å². The molecule has 1 aromatic rings. The monoisotopic (exact) mass is 312 g/mol. The molecule has 3 rings (SSSR count). The second-order valence-electron chi connectivity index (χ2n) is 7.00. The Bertz CT molecular complexity index is 558. The summed E-state index contributed by atoms with van der Waals surface area (Å²) in [5, 5.41) is 7.79. The van der Waals surface area contributed by atoms with Gasteiger partial charge in [-0.1, -0.05) is 25.0 Å². The summed E-state index contributed by atoms with van der Waals surface area (Å²) in [4.78, 5) is 0. The molecule has 0 saturated heterocycles. The predicted octanol–water partition coefficient (Wildman–Crippen LogP) is 1.73. The number of nitrogens with zero attached hydrogens (tertiary/aromatic N) is 3. The number of nitrogens with one attached hydrogen (secondary N) is 1. The molecular weight excluding hydrogens is 288 g/mol. The van der Waals surface area contributed by atoms with E-state index in [-0.39, 0.29) is 11.2 Å². The van der Waals surface area contributed by atoms with E-state index in [1.54, 1.807) is 6.20 Å². The highest BCUT2D eigenvalue weighted by molar-refractivity contribution is 7.89. The highest BCUT2D eigenvalue weighted by Crippen LogP contribution is 2.39. The van der Waals surface area contributed by atoms with Crippen LogP contribution in [0.4, 0.5) is 0 Å². The molecule has 1 aromatic heterocycles. The zero-order valence-corrected chi connectivity index (χ0v) is 13.3. The van der Waals surface area contributed by atoms with Crippen molar-refractivity contribution in [2.75, 3.05) is 12.3 Å². The van der Waals surface area contributed by atoms with Gasteiger partial charge in [0.1, 0.15) is 0 Å². The first kappa shape index (κ1) is 15.0. The van der Waals surface area contributed by atoms with Crippen LogP contribution in [0, 0.1) is 11.3 Å². The van der Waals surface area contributed by atoms with Gasteiger partial charge in [-0.25, -0.2) is 17.8 Å². The van der Waals surface area contributed by atoms with Crippen molar-refractivity contribution in [1.29, 1.82) is 0 Å². The summed E-state index contributed by atoms with van der Waals surface area (Å²) in [5.41, 5.74) is -0.0191. The molecule has 0 bridgehead atoms. The van der Waals surface area contributed by atoms with Gasteiger partial charge >= 0.3 is 0 Å². The molecule has 1 heterocycles. The molecule has 0 spiro atoms. The van der Waals surface area contributed by atoms with E-state index in [4.69, 9.17) is 0 Å². The maximum absolute atomic E-state index is 12.2. The van der Waals surface area contributed by atoms with Crippen LogP contribution in [0.2, 0.25) is 0 Å². The van der Waals surface area contributed by atoms with Crippen molar-refractivity contribution in [2.24, 2.45) is 11.3 Å². The fourth-order valence-electron chi connectivity index (χ4n) is 3.62. The Kier molecular flexibility index (Phi) is 4.05. The van der Waals surface area contributed by atoms with Crippen molar-refractivity contribution in [3.8, 4) is 0 Å². The van der Waals surface area contributed by atoms with Gasteiger partial charge in [0.2, 0.25) is 10.0 Å². The predicted molar refractivity (Wildman–Crippen MR) is 80.1 cm³/mol. The molecule has 21 heavy (non-hydrogen) atoms. The first-order valence-electron chi connectivity index (χ1n) is 7.79. The topological polar surface area (TPSA) is 76.9 Å². The summed E-state index contributed by atoms with van der Waals surface area (Å²) in [7, 11) is -3.15. The van der Waals surface area contributed by atoms with Gasteiger partial charge in [0.15, 0.2) is 0 Å². The third-order valence-corrected chi connectivity index (χ3v) is 6.65. The van der Waals surface area contributed by atoms with Gasteiger partial charge in [0, 0.05) is 12.7 Å². The van der Waals surface area contributed by atoms with Crippen LogP contribution in [0.1, 0.15) is 51.5 Å². The summed E-state index contributed by atoms with van der Waals surface area (Å²) in [6.45, 7) is 2.66. The maximum Gasteiger partial charge on any atom is 0.212 e. The highest BCUT2D eigenvalue weighted by Gasteiger charge is 2.35. The van der Waals surface area contributed by atoms with Crippen molar-refractivity contribution in [3.63, 3.8) is 0 Å². The summed E-state index contributed by atoms with van der Waals surface area (Å²) in [6.07, 6.45) is 9.89. The zero-order valence-electron chi connectivity index (χ0n) is 12.5. The Balaban J connectivity index is 1.43. The van der Waals surface area contributed by atoms with Gasteiger partial charge in [-0.05, 0) is 37.0 Å². The van der Waals surface area contributed by atoms with Crippen LogP contribution < -0.4 is 4.72 Å². The lowest BCUT2D eigenvalue weighted by atomic mass is 9.80. The smallest absolute Gasteiger partial charge is 0.212 e. The van der Waals surface area contributed by atoms with Gasteiger partial charge < -0.3 is 0 Å². The molecule has 2 aliphatic rings. The van der Waals surface area contributed by atoms with Crippen molar-refractivity contribution < 1.29 is 8.42 Å². The lowest BCUT2D eigenvalue weighted by Crippen LogP contribution is -2.40. The van der Waals surface area contributed by atoms with Crippen LogP contribution in [0.15, 0.2) is 12.4 Å². The molecular formula is C14H24N4O2S. The van der Waals surface area contributed by atoms with Crippen LogP contribution in [0.3, 0.4) is 0 Å². The summed E-state index contributed by atoms with van der Waals surface area (Å²) in [5.74, 6) is 0.699. The first-order chi connectivity index (χ1) is 9.96. The van der Waals surface area contributed by atoms with Gasteiger partial charge in [0.05, 0.1) is 18.0 Å². The molecule has 0 aliphatic heterocycles. The SMILES string of the molecule is CC1(CS(=O)(=O)NCC2CC(n3ccnn3)C2)CCCC1. The summed E-state index contributed by atoms with van der Waals surface area (Å²) >= 11 is 0. The van der Waals surface area contributed by atoms with Gasteiger partial charge in [-0.15, -0.1) is 5.10 Å². The minimum absolute atomic E-state index is 0.0191. The average Bonchev–Trinajstić information content (AvgIpc) is 2.98. The fraction of sp³-hybridized carbons (Fsp3) is 0.857. The molecule has 118 valence electrons. The van der Waals surface area contributed by atoms with Crippen molar-refractivity contribution in [3.05, 3.63) is 12.4 Å². The second kappa shape index (κ2) is 5.68. The number of aromatic nitrogens is 3. The number of hydrogen-bond donors (Lipinski definition) is 1. The maximum atomic E-state index is 12.2. The largest absolute Gasteiger partial charge is 0.250 e. The van der Waals surface area contributed by atoms with Gasteiger partial charge in [-0.3, -0.25) is 0 Å². The molecule has 0 radical (unpaired) electrons. The van der Waals surface area contributed by atoms with E-state index in [0.717, 1.165) is 38.5 Å². The lowest BCUT2D eigenvalue weighted by Gasteiger charge is -2.35. The van der Waals surface area contributed by atoms with Crippen LogP contribution in [-0.2, 0) is 10.0 Å². The Morgan fingerprint density at radius 2 is 2.05 bits per heavy atom. The summed E-state index contributed by atoms with van der Waals surface area (Å²) < 4.78 is 29.1. The van der Waals surface area contributed by atoms with E-state index in [1.165, 1.54) is 0 Å². The van der Waals surface area contributed by atoms with Crippen molar-refractivity contribution >= 4 is 10.0 Å². The highest BCUT2D eigenvalue weighted by atomic mass is 32.2. The fourth-order valence-corrected chi connectivity index (χ4v) is 5.42. The van der Waals surface area contributed by atoms with E-state index in [2.05, 4.69) is 22.0 Å². The van der Waals surface area contributed by atoms with E-state index in [0.29, 0.717) is 18.5 Å². The molecule has 6 nitrogen and oxygen atoms in total. The third-order valence-electron chi connectivity index (χ3n) is 4.97. The van der Waals surface area contributed by atoms with Crippen LogP contribution >= 0.6 is 0 Å². The standard InChI is InChI=1S/C14H24N4O2S/c1-14(4-2-3-5-14)11-21(19,20)16-10-12-8-13(9-12)18-7-6-15-17-18/h6-7,12-13,16H,2-5,8-11H2,1H3.